The maximum atomic E-state index is 12.5. The molecule has 0 unspecified atom stereocenters. The molecule has 2 atom stereocenters. The minimum absolute atomic E-state index is 0. The van der Waals surface area contributed by atoms with Gasteiger partial charge in [0.15, 0.2) is 0 Å². The second-order valence-corrected chi connectivity index (χ2v) is 6.50. The smallest absolute Gasteiger partial charge is 0.329 e. The molecule has 0 aromatic heterocycles. The molecule has 8 heteroatoms. The number of hydrogen-bond acceptors (Lipinski definition) is 4. The number of benzene rings is 2. The molecule has 0 radical (unpaired) electrons. The summed E-state index contributed by atoms with van der Waals surface area (Å²) in [5.74, 6) is -0.557. The number of carbonyl (C=O) groups excluding carboxylic acids is 3. The number of rotatable bonds is 3. The van der Waals surface area contributed by atoms with Crippen molar-refractivity contribution in [3.63, 3.8) is 0 Å². The topological polar surface area (TPSA) is 105 Å². The van der Waals surface area contributed by atoms with Gasteiger partial charge in [0.25, 0.3) is 5.91 Å². The van der Waals surface area contributed by atoms with E-state index in [0.29, 0.717) is 17.7 Å². The summed E-state index contributed by atoms with van der Waals surface area (Å²) < 4.78 is 0. The molecule has 7 nitrogen and oxygen atoms in total. The number of nitrogens with two attached hydrogens (primary N) is 1. The number of nitrogens with one attached hydrogen (secondary N) is 2. The quantitative estimate of drug-likeness (QED) is 0.695. The van der Waals surface area contributed by atoms with E-state index in [-0.39, 0.29) is 42.8 Å². The van der Waals surface area contributed by atoms with Crippen LogP contribution in [0.4, 0.5) is 10.5 Å². The molecule has 4 N–H and O–H groups in total. The number of urea groups is 1. The Kier molecular flexibility index (Phi) is 5.16. The number of fused-ring (bicyclic) bond motifs is 1. The van der Waals surface area contributed by atoms with Gasteiger partial charge >= 0.3 is 6.03 Å². The lowest BCUT2D eigenvalue weighted by Gasteiger charge is -2.18. The van der Waals surface area contributed by atoms with Gasteiger partial charge in [-0.1, -0.05) is 24.3 Å². The Labute approximate surface area is 162 Å². The van der Waals surface area contributed by atoms with Crippen LogP contribution in [0.5, 0.6) is 0 Å². The van der Waals surface area contributed by atoms with Crippen molar-refractivity contribution in [2.45, 2.75) is 18.5 Å². The first-order valence-corrected chi connectivity index (χ1v) is 8.38. The molecule has 140 valence electrons. The standard InChI is InChI=1S/C19H18N4O3.ClH/c20-17-14-4-2-1-3-12(14)9-15(17)21-18(25)11-5-7-13(8-6-11)23-10-16(24)22-19(23)26;/h1-8,15,17H,9-10,20H2,(H,21,25)(H,22,24,26);1H/t15-,17-;/m0./s1. The van der Waals surface area contributed by atoms with Gasteiger partial charge in [-0.05, 0) is 41.8 Å². The van der Waals surface area contributed by atoms with Crippen LogP contribution in [-0.2, 0) is 11.2 Å². The van der Waals surface area contributed by atoms with Crippen LogP contribution in [0.25, 0.3) is 0 Å². The Hall–Kier alpha value is -2.90. The molecule has 2 aromatic rings. The number of hydrogen-bond donors (Lipinski definition) is 3. The first-order valence-electron chi connectivity index (χ1n) is 8.38. The highest BCUT2D eigenvalue weighted by Crippen LogP contribution is 2.29. The molecule has 4 rings (SSSR count). The molecule has 2 aliphatic rings. The van der Waals surface area contributed by atoms with E-state index in [2.05, 4.69) is 10.6 Å². The summed E-state index contributed by atoms with van der Waals surface area (Å²) in [5, 5.41) is 5.21. The van der Waals surface area contributed by atoms with E-state index >= 15 is 0 Å². The maximum absolute atomic E-state index is 12.5. The number of halogens is 1. The molecule has 27 heavy (non-hydrogen) atoms. The van der Waals surface area contributed by atoms with Crippen molar-refractivity contribution in [3.8, 4) is 0 Å². The molecular formula is C19H19ClN4O3. The molecular weight excluding hydrogens is 368 g/mol. The fourth-order valence-corrected chi connectivity index (χ4v) is 3.46. The van der Waals surface area contributed by atoms with E-state index in [1.165, 1.54) is 4.90 Å². The molecule has 4 amide bonds. The van der Waals surface area contributed by atoms with Crippen LogP contribution < -0.4 is 21.3 Å². The minimum Gasteiger partial charge on any atom is -0.347 e. The summed E-state index contributed by atoms with van der Waals surface area (Å²) in [6.07, 6.45) is 0.706. The van der Waals surface area contributed by atoms with Crippen LogP contribution in [0, 0.1) is 0 Å². The third-order valence-corrected chi connectivity index (χ3v) is 4.84. The first kappa shape index (κ1) is 18.9. The van der Waals surface area contributed by atoms with E-state index in [4.69, 9.17) is 5.73 Å². The summed E-state index contributed by atoms with van der Waals surface area (Å²) in [6.45, 7) is -0.0143. The minimum atomic E-state index is -0.457. The molecule has 2 aromatic carbocycles. The van der Waals surface area contributed by atoms with Crippen molar-refractivity contribution in [2.24, 2.45) is 5.73 Å². The fraction of sp³-hybridized carbons (Fsp3) is 0.211. The molecule has 1 heterocycles. The zero-order chi connectivity index (χ0) is 18.3. The first-order chi connectivity index (χ1) is 12.5. The highest BCUT2D eigenvalue weighted by Gasteiger charge is 2.31. The maximum Gasteiger partial charge on any atom is 0.329 e. The molecule has 0 saturated carbocycles. The molecule has 0 bridgehead atoms. The van der Waals surface area contributed by atoms with Crippen molar-refractivity contribution >= 4 is 35.9 Å². The third kappa shape index (κ3) is 3.51. The Morgan fingerprint density at radius 1 is 1.11 bits per heavy atom. The number of anilines is 1. The van der Waals surface area contributed by atoms with Crippen LogP contribution in [0.1, 0.15) is 27.5 Å². The molecule has 1 aliphatic carbocycles. The second-order valence-electron chi connectivity index (χ2n) is 6.50. The van der Waals surface area contributed by atoms with E-state index < -0.39 is 6.03 Å². The third-order valence-electron chi connectivity index (χ3n) is 4.84. The number of carbonyl (C=O) groups is 3. The predicted molar refractivity (Wildman–Crippen MR) is 103 cm³/mol. The van der Waals surface area contributed by atoms with Crippen LogP contribution >= 0.6 is 12.4 Å². The van der Waals surface area contributed by atoms with Gasteiger partial charge < -0.3 is 11.1 Å². The number of imide groups is 1. The lowest BCUT2D eigenvalue weighted by molar-refractivity contribution is -0.117. The summed E-state index contributed by atoms with van der Waals surface area (Å²) in [5.41, 5.74) is 9.52. The summed E-state index contributed by atoms with van der Waals surface area (Å²) in [6, 6.07) is 13.7. The van der Waals surface area contributed by atoms with Gasteiger partial charge in [0, 0.05) is 11.3 Å². The monoisotopic (exact) mass is 386 g/mol. The van der Waals surface area contributed by atoms with Crippen LogP contribution in [-0.4, -0.2) is 30.4 Å². The van der Waals surface area contributed by atoms with Crippen LogP contribution in [0.15, 0.2) is 48.5 Å². The average Bonchev–Trinajstić information content (AvgIpc) is 3.14. The zero-order valence-corrected chi connectivity index (χ0v) is 15.2. The van der Waals surface area contributed by atoms with Gasteiger partial charge in [0.2, 0.25) is 5.91 Å². The van der Waals surface area contributed by atoms with Crippen LogP contribution in [0.2, 0.25) is 0 Å². The molecule has 1 saturated heterocycles. The Morgan fingerprint density at radius 2 is 1.81 bits per heavy atom. The lowest BCUT2D eigenvalue weighted by atomic mass is 10.1. The van der Waals surface area contributed by atoms with E-state index in [1.807, 2.05) is 24.3 Å². The van der Waals surface area contributed by atoms with Gasteiger partial charge in [-0.25, -0.2) is 4.79 Å². The largest absolute Gasteiger partial charge is 0.347 e. The van der Waals surface area contributed by atoms with Crippen molar-refractivity contribution in [1.82, 2.24) is 10.6 Å². The van der Waals surface area contributed by atoms with Gasteiger partial charge in [-0.3, -0.25) is 19.8 Å². The average molecular weight is 387 g/mol. The fourth-order valence-electron chi connectivity index (χ4n) is 3.46. The van der Waals surface area contributed by atoms with Crippen molar-refractivity contribution in [1.29, 1.82) is 0 Å². The van der Waals surface area contributed by atoms with E-state index in [0.717, 1.165) is 11.1 Å². The van der Waals surface area contributed by atoms with Crippen molar-refractivity contribution in [3.05, 3.63) is 65.2 Å². The zero-order valence-electron chi connectivity index (χ0n) is 14.3. The predicted octanol–water partition coefficient (Wildman–Crippen LogP) is 1.52. The summed E-state index contributed by atoms with van der Waals surface area (Å²) >= 11 is 0. The Morgan fingerprint density at radius 3 is 2.44 bits per heavy atom. The van der Waals surface area contributed by atoms with Gasteiger partial charge in [0.1, 0.15) is 6.54 Å². The normalized spacial score (nSPS) is 20.7. The van der Waals surface area contributed by atoms with E-state index in [9.17, 15) is 14.4 Å². The molecule has 1 fully saturated rings. The highest BCUT2D eigenvalue weighted by molar-refractivity contribution is 6.12. The SMILES string of the molecule is Cl.N[C@H]1c2ccccc2C[C@@H]1NC(=O)c1ccc(N2CC(=O)NC2=O)cc1. The highest BCUT2D eigenvalue weighted by atomic mass is 35.5. The van der Waals surface area contributed by atoms with Gasteiger partial charge in [-0.2, -0.15) is 0 Å². The summed E-state index contributed by atoms with van der Waals surface area (Å²) in [4.78, 5) is 36.8. The number of amides is 4. The van der Waals surface area contributed by atoms with Crippen molar-refractivity contribution < 1.29 is 14.4 Å². The second kappa shape index (κ2) is 7.38. The van der Waals surface area contributed by atoms with Gasteiger partial charge in [0.05, 0.1) is 12.1 Å². The molecule has 1 aliphatic heterocycles. The Balaban J connectivity index is 0.00000210. The summed E-state index contributed by atoms with van der Waals surface area (Å²) in [7, 11) is 0. The van der Waals surface area contributed by atoms with Crippen molar-refractivity contribution in [2.75, 3.05) is 11.4 Å². The van der Waals surface area contributed by atoms with E-state index in [1.54, 1.807) is 24.3 Å². The van der Waals surface area contributed by atoms with Gasteiger partial charge in [-0.15, -0.1) is 12.4 Å². The number of nitrogens with zero attached hydrogens (tertiary/aromatic N) is 1. The lowest BCUT2D eigenvalue weighted by Crippen LogP contribution is -2.40. The molecule has 0 spiro atoms. The van der Waals surface area contributed by atoms with Crippen LogP contribution in [0.3, 0.4) is 0 Å². The Bertz CT molecular complexity index is 900.